The van der Waals surface area contributed by atoms with Crippen LogP contribution in [0, 0.1) is 0 Å². The lowest BCUT2D eigenvalue weighted by atomic mass is 10.2. The molecule has 7 heteroatoms. The summed E-state index contributed by atoms with van der Waals surface area (Å²) in [6, 6.07) is 11.2. The van der Waals surface area contributed by atoms with Gasteiger partial charge in [-0.2, -0.15) is 0 Å². The molecule has 7 nitrogen and oxygen atoms in total. The van der Waals surface area contributed by atoms with Gasteiger partial charge in [0.1, 0.15) is 18.2 Å². The second-order valence-corrected chi connectivity index (χ2v) is 5.99. The number of hydrogen-bond acceptors (Lipinski definition) is 4. The number of rotatable bonds is 5. The first kappa shape index (κ1) is 16.0. The quantitative estimate of drug-likeness (QED) is 0.602. The van der Waals surface area contributed by atoms with Crippen molar-refractivity contribution in [1.29, 1.82) is 0 Å². The van der Waals surface area contributed by atoms with E-state index in [2.05, 4.69) is 20.3 Å². The largest absolute Gasteiger partial charge is 0.350 e. The smallest absolute Gasteiger partial charge is 0.243 e. The lowest BCUT2D eigenvalue weighted by Crippen LogP contribution is -2.30. The molecule has 1 N–H and O–H groups in total. The highest BCUT2D eigenvalue weighted by Crippen LogP contribution is 2.18. The second kappa shape index (κ2) is 6.79. The third-order valence-corrected chi connectivity index (χ3v) is 4.35. The van der Waals surface area contributed by atoms with Crippen molar-refractivity contribution in [2.45, 2.75) is 19.5 Å². The monoisotopic (exact) mass is 346 g/mol. The highest BCUT2D eigenvalue weighted by atomic mass is 16.2. The van der Waals surface area contributed by atoms with Gasteiger partial charge in [0.25, 0.3) is 0 Å². The van der Waals surface area contributed by atoms with Crippen molar-refractivity contribution in [1.82, 2.24) is 29.4 Å². The van der Waals surface area contributed by atoms with Gasteiger partial charge < -0.3 is 9.88 Å². The molecule has 0 aliphatic carbocycles. The minimum absolute atomic E-state index is 0.0754. The summed E-state index contributed by atoms with van der Waals surface area (Å²) in [5.41, 5.74) is 2.74. The van der Waals surface area contributed by atoms with Crippen molar-refractivity contribution in [2.24, 2.45) is 0 Å². The predicted octanol–water partition coefficient (Wildman–Crippen LogP) is 2.49. The van der Waals surface area contributed by atoms with Crippen molar-refractivity contribution < 1.29 is 4.79 Å². The Labute approximate surface area is 150 Å². The molecule has 0 spiro atoms. The Morgan fingerprint density at radius 3 is 2.85 bits per heavy atom. The Morgan fingerprint density at radius 1 is 1.12 bits per heavy atom. The molecule has 130 valence electrons. The van der Waals surface area contributed by atoms with Crippen molar-refractivity contribution >= 4 is 16.9 Å². The second-order valence-electron chi connectivity index (χ2n) is 5.99. The molecule has 0 aliphatic heterocycles. The molecule has 0 saturated carbocycles. The molecular formula is C19H18N6O. The number of imidazole rings is 2. The van der Waals surface area contributed by atoms with Gasteiger partial charge in [-0.25, -0.2) is 15.0 Å². The van der Waals surface area contributed by atoms with Gasteiger partial charge in [0.2, 0.25) is 5.91 Å². The zero-order valence-corrected chi connectivity index (χ0v) is 14.3. The summed E-state index contributed by atoms with van der Waals surface area (Å²) in [6.45, 7) is 2.25. The number of aromatic nitrogens is 5. The van der Waals surface area contributed by atoms with E-state index in [1.807, 2.05) is 58.7 Å². The van der Waals surface area contributed by atoms with Crippen molar-refractivity contribution in [2.75, 3.05) is 0 Å². The first-order valence-corrected chi connectivity index (χ1v) is 8.35. The summed E-state index contributed by atoms with van der Waals surface area (Å²) < 4.78 is 3.71. The molecular weight excluding hydrogens is 328 g/mol. The maximum Gasteiger partial charge on any atom is 0.243 e. The first-order valence-electron chi connectivity index (χ1n) is 8.35. The molecule has 0 radical (unpaired) electrons. The van der Waals surface area contributed by atoms with Gasteiger partial charge >= 0.3 is 0 Å². The van der Waals surface area contributed by atoms with Gasteiger partial charge in [-0.15, -0.1) is 0 Å². The van der Waals surface area contributed by atoms with Crippen molar-refractivity contribution in [3.05, 3.63) is 73.2 Å². The Bertz CT molecular complexity index is 1040. The number of nitrogens with zero attached hydrogens (tertiary/aromatic N) is 5. The number of benzene rings is 1. The van der Waals surface area contributed by atoms with E-state index in [1.165, 1.54) is 0 Å². The Hall–Kier alpha value is -3.48. The normalized spacial score (nSPS) is 12.2. The standard InChI is InChI=1S/C19H18N6O/c1-14(25-13-23-16-6-2-3-7-17(16)25)19(26)22-11-15-5-4-8-21-18(15)24-10-9-20-12-24/h2-10,12-14H,11H2,1H3,(H,22,26). The summed E-state index contributed by atoms with van der Waals surface area (Å²) in [5, 5.41) is 2.99. The molecule has 0 aliphatic rings. The highest BCUT2D eigenvalue weighted by molar-refractivity contribution is 5.83. The van der Waals surface area contributed by atoms with Crippen LogP contribution in [-0.4, -0.2) is 30.0 Å². The summed E-state index contributed by atoms with van der Waals surface area (Å²) in [6.07, 6.45) is 8.64. The van der Waals surface area contributed by atoms with Crippen LogP contribution in [0.2, 0.25) is 0 Å². The van der Waals surface area contributed by atoms with Crippen LogP contribution in [0.25, 0.3) is 16.9 Å². The zero-order chi connectivity index (χ0) is 17.9. The van der Waals surface area contributed by atoms with E-state index in [0.717, 1.165) is 22.4 Å². The maximum atomic E-state index is 12.7. The molecule has 0 bridgehead atoms. The predicted molar refractivity (Wildman–Crippen MR) is 97.6 cm³/mol. The Morgan fingerprint density at radius 2 is 2.00 bits per heavy atom. The van der Waals surface area contributed by atoms with Crippen LogP contribution < -0.4 is 5.32 Å². The Kier molecular flexibility index (Phi) is 4.18. The minimum Gasteiger partial charge on any atom is -0.350 e. The van der Waals surface area contributed by atoms with E-state index in [-0.39, 0.29) is 11.9 Å². The van der Waals surface area contributed by atoms with E-state index in [0.29, 0.717) is 6.54 Å². The third kappa shape index (κ3) is 2.95. The molecule has 0 fully saturated rings. The molecule has 3 aromatic heterocycles. The van der Waals surface area contributed by atoms with Crippen molar-refractivity contribution in [3.8, 4) is 5.82 Å². The lowest BCUT2D eigenvalue weighted by molar-refractivity contribution is -0.123. The molecule has 0 saturated heterocycles. The van der Waals surface area contributed by atoms with Gasteiger partial charge in [0.05, 0.1) is 17.4 Å². The summed E-state index contributed by atoms with van der Waals surface area (Å²) >= 11 is 0. The number of carbonyl (C=O) groups excluding carboxylic acids is 1. The number of amides is 1. The molecule has 4 aromatic rings. The molecule has 26 heavy (non-hydrogen) atoms. The number of fused-ring (bicyclic) bond motifs is 1. The molecule has 1 unspecified atom stereocenters. The van der Waals surface area contributed by atoms with E-state index in [1.54, 1.807) is 25.0 Å². The molecule has 1 atom stereocenters. The maximum absolute atomic E-state index is 12.7. The molecule has 3 heterocycles. The highest BCUT2D eigenvalue weighted by Gasteiger charge is 2.17. The fourth-order valence-electron chi connectivity index (χ4n) is 2.93. The number of pyridine rings is 1. The number of hydrogen-bond donors (Lipinski definition) is 1. The first-order chi connectivity index (χ1) is 12.7. The van der Waals surface area contributed by atoms with E-state index in [9.17, 15) is 4.79 Å². The van der Waals surface area contributed by atoms with Crippen LogP contribution in [0.4, 0.5) is 0 Å². The summed E-state index contributed by atoms with van der Waals surface area (Å²) in [7, 11) is 0. The van der Waals surface area contributed by atoms with Gasteiger partial charge in [-0.1, -0.05) is 18.2 Å². The fourth-order valence-corrected chi connectivity index (χ4v) is 2.93. The van der Waals surface area contributed by atoms with Crippen LogP contribution in [0.3, 0.4) is 0 Å². The molecule has 1 amide bonds. The average molecular weight is 346 g/mol. The van der Waals surface area contributed by atoms with Crippen molar-refractivity contribution in [3.63, 3.8) is 0 Å². The van der Waals surface area contributed by atoms with E-state index in [4.69, 9.17) is 0 Å². The fraction of sp³-hybridized carbons (Fsp3) is 0.158. The van der Waals surface area contributed by atoms with Crippen LogP contribution in [-0.2, 0) is 11.3 Å². The number of nitrogens with one attached hydrogen (secondary N) is 1. The number of carbonyl (C=O) groups is 1. The van der Waals surface area contributed by atoms with Crippen LogP contribution in [0.5, 0.6) is 0 Å². The molecule has 4 rings (SSSR count). The van der Waals surface area contributed by atoms with Crippen LogP contribution in [0.1, 0.15) is 18.5 Å². The Balaban J connectivity index is 1.51. The lowest BCUT2D eigenvalue weighted by Gasteiger charge is -2.15. The SMILES string of the molecule is CC(C(=O)NCc1cccnc1-n1ccnc1)n1cnc2ccccc21. The van der Waals surface area contributed by atoms with Gasteiger partial charge in [-0.3, -0.25) is 9.36 Å². The molecule has 1 aromatic carbocycles. The van der Waals surface area contributed by atoms with E-state index >= 15 is 0 Å². The average Bonchev–Trinajstić information content (AvgIpc) is 3.35. The zero-order valence-electron chi connectivity index (χ0n) is 14.3. The third-order valence-electron chi connectivity index (χ3n) is 4.35. The number of para-hydroxylation sites is 2. The van der Waals surface area contributed by atoms with Crippen LogP contribution in [0.15, 0.2) is 67.6 Å². The summed E-state index contributed by atoms with van der Waals surface area (Å²) in [5.74, 6) is 0.680. The van der Waals surface area contributed by atoms with Gasteiger partial charge in [-0.05, 0) is 25.1 Å². The van der Waals surface area contributed by atoms with Gasteiger partial charge in [0, 0.05) is 30.7 Å². The van der Waals surface area contributed by atoms with Gasteiger partial charge in [0.15, 0.2) is 0 Å². The van der Waals surface area contributed by atoms with E-state index < -0.39 is 0 Å². The summed E-state index contributed by atoms with van der Waals surface area (Å²) in [4.78, 5) is 25.5. The van der Waals surface area contributed by atoms with Crippen LogP contribution >= 0.6 is 0 Å². The minimum atomic E-state index is -0.365. The topological polar surface area (TPSA) is 77.6 Å².